The molecule has 1 aromatic carbocycles. The average Bonchev–Trinajstić information content (AvgIpc) is 2.85. The largest absolute Gasteiger partial charge is 0.513 e. The SMILES string of the molecule is CC(OC(=O)OCC(C)(C)C)C(C)C(c1ccc(OC(=O)OCC(C)(C)C)c(OC(=O)OCC(C)(C)C)c1)[C@H](N)C(=O)O. The molecule has 1 aromatic rings. The Labute approximate surface area is 254 Å². The number of rotatable bonds is 11. The maximum atomic E-state index is 12.6. The van der Waals surface area contributed by atoms with E-state index >= 15 is 0 Å². The molecular formula is C31H49NO11. The zero-order valence-electron chi connectivity index (χ0n) is 27.3. The van der Waals surface area contributed by atoms with Crippen LogP contribution in [0, 0.1) is 22.2 Å². The van der Waals surface area contributed by atoms with Crippen molar-refractivity contribution in [1.82, 2.24) is 0 Å². The summed E-state index contributed by atoms with van der Waals surface area (Å²) < 4.78 is 31.7. The molecule has 0 bridgehead atoms. The summed E-state index contributed by atoms with van der Waals surface area (Å²) in [4.78, 5) is 49.3. The van der Waals surface area contributed by atoms with Crippen LogP contribution in [0.2, 0.25) is 0 Å². The van der Waals surface area contributed by atoms with Gasteiger partial charge in [0.25, 0.3) is 0 Å². The van der Waals surface area contributed by atoms with Gasteiger partial charge in [0.2, 0.25) is 0 Å². The number of benzene rings is 1. The number of aliphatic carboxylic acids is 1. The average molecular weight is 612 g/mol. The lowest BCUT2D eigenvalue weighted by Gasteiger charge is -2.31. The summed E-state index contributed by atoms with van der Waals surface area (Å²) in [6.07, 6.45) is -3.82. The van der Waals surface area contributed by atoms with Crippen LogP contribution < -0.4 is 15.2 Å². The lowest BCUT2D eigenvalue weighted by atomic mass is 9.79. The third-order valence-electron chi connectivity index (χ3n) is 5.87. The van der Waals surface area contributed by atoms with Crippen LogP contribution in [-0.2, 0) is 23.7 Å². The minimum atomic E-state index is -1.45. The fraction of sp³-hybridized carbons (Fsp3) is 0.677. The van der Waals surface area contributed by atoms with Crippen LogP contribution in [0.25, 0.3) is 0 Å². The van der Waals surface area contributed by atoms with Gasteiger partial charge in [0, 0.05) is 11.8 Å². The first kappa shape index (κ1) is 37.5. The second-order valence-corrected chi connectivity index (χ2v) is 14.3. The molecule has 0 aromatic heterocycles. The molecule has 0 heterocycles. The molecule has 0 fully saturated rings. The Morgan fingerprint density at radius 2 is 1.14 bits per heavy atom. The Balaban J connectivity index is 3.40. The highest BCUT2D eigenvalue weighted by molar-refractivity contribution is 5.75. The van der Waals surface area contributed by atoms with Crippen LogP contribution >= 0.6 is 0 Å². The molecule has 3 unspecified atom stereocenters. The van der Waals surface area contributed by atoms with Crippen molar-refractivity contribution < 1.29 is 52.7 Å². The number of carbonyl (C=O) groups is 4. The summed E-state index contributed by atoms with van der Waals surface area (Å²) >= 11 is 0. The van der Waals surface area contributed by atoms with E-state index in [1.807, 2.05) is 62.3 Å². The monoisotopic (exact) mass is 611 g/mol. The van der Waals surface area contributed by atoms with E-state index in [1.54, 1.807) is 13.8 Å². The summed E-state index contributed by atoms with van der Waals surface area (Å²) in [5.41, 5.74) is 5.47. The molecular weight excluding hydrogens is 562 g/mol. The number of hydrogen-bond donors (Lipinski definition) is 2. The first-order valence-electron chi connectivity index (χ1n) is 14.1. The van der Waals surface area contributed by atoms with Crippen molar-refractivity contribution in [1.29, 1.82) is 0 Å². The number of hydrogen-bond acceptors (Lipinski definition) is 11. The van der Waals surface area contributed by atoms with E-state index in [0.29, 0.717) is 5.56 Å². The van der Waals surface area contributed by atoms with Crippen molar-refractivity contribution in [2.24, 2.45) is 27.9 Å². The predicted octanol–water partition coefficient (Wildman–Crippen LogP) is 6.53. The third-order valence-corrected chi connectivity index (χ3v) is 5.87. The van der Waals surface area contributed by atoms with Crippen LogP contribution in [-0.4, -0.2) is 61.5 Å². The third kappa shape index (κ3) is 14.5. The molecule has 1 rings (SSSR count). The van der Waals surface area contributed by atoms with Gasteiger partial charge in [-0.3, -0.25) is 4.79 Å². The van der Waals surface area contributed by atoms with E-state index in [0.717, 1.165) is 0 Å². The van der Waals surface area contributed by atoms with Gasteiger partial charge >= 0.3 is 24.4 Å². The second-order valence-electron chi connectivity index (χ2n) is 14.3. The second kappa shape index (κ2) is 15.3. The van der Waals surface area contributed by atoms with Crippen molar-refractivity contribution in [3.8, 4) is 11.5 Å². The molecule has 0 saturated carbocycles. The summed E-state index contributed by atoms with van der Waals surface area (Å²) in [5.74, 6) is -3.30. The Kier molecular flexibility index (Phi) is 13.3. The smallest absolute Gasteiger partial charge is 0.480 e. The summed E-state index contributed by atoms with van der Waals surface area (Å²) in [6, 6.07) is 2.70. The number of ether oxygens (including phenoxy) is 6. The molecule has 12 nitrogen and oxygen atoms in total. The minimum Gasteiger partial charge on any atom is -0.480 e. The van der Waals surface area contributed by atoms with Gasteiger partial charge in [-0.05, 0) is 40.9 Å². The normalized spacial score (nSPS) is 14.9. The van der Waals surface area contributed by atoms with E-state index in [2.05, 4.69) is 0 Å². The minimum absolute atomic E-state index is 0.0407. The van der Waals surface area contributed by atoms with Gasteiger partial charge in [-0.2, -0.15) is 0 Å². The molecule has 0 saturated heterocycles. The first-order valence-corrected chi connectivity index (χ1v) is 14.1. The van der Waals surface area contributed by atoms with E-state index < -0.39 is 48.4 Å². The molecule has 3 N–H and O–H groups in total. The Morgan fingerprint density at radius 3 is 1.56 bits per heavy atom. The quantitative estimate of drug-likeness (QED) is 0.158. The molecule has 0 radical (unpaired) electrons. The van der Waals surface area contributed by atoms with E-state index in [-0.39, 0.29) is 47.6 Å². The molecule has 0 aliphatic carbocycles. The fourth-order valence-corrected chi connectivity index (χ4v) is 3.54. The summed E-state index contributed by atoms with van der Waals surface area (Å²) in [7, 11) is 0. The van der Waals surface area contributed by atoms with E-state index in [9.17, 15) is 24.3 Å². The van der Waals surface area contributed by atoms with Crippen LogP contribution in [0.1, 0.15) is 87.6 Å². The number of nitrogens with two attached hydrogens (primary N) is 1. The highest BCUT2D eigenvalue weighted by Crippen LogP contribution is 2.37. The van der Waals surface area contributed by atoms with Crippen LogP contribution in [0.4, 0.5) is 14.4 Å². The molecule has 43 heavy (non-hydrogen) atoms. The highest BCUT2D eigenvalue weighted by Gasteiger charge is 2.36. The van der Waals surface area contributed by atoms with Gasteiger partial charge in [0.15, 0.2) is 11.5 Å². The Morgan fingerprint density at radius 1 is 0.721 bits per heavy atom. The zero-order valence-corrected chi connectivity index (χ0v) is 27.3. The van der Waals surface area contributed by atoms with Crippen LogP contribution in [0.3, 0.4) is 0 Å². The van der Waals surface area contributed by atoms with Gasteiger partial charge in [-0.25, -0.2) is 14.4 Å². The van der Waals surface area contributed by atoms with Crippen LogP contribution in [0.5, 0.6) is 11.5 Å². The standard InChI is InChI=1S/C31H49NO11/c1-18(19(2)41-26(35)38-15-29(3,4)5)23(24(32)25(33)34)20-12-13-21(42-27(36)39-16-30(6,7)8)22(14-20)43-28(37)40-17-31(9,10)11/h12-14,18-19,23-24H,15-17,32H2,1-11H3,(H,33,34)/t18?,19?,23?,24-/m0/s1. The van der Waals surface area contributed by atoms with E-state index in [1.165, 1.54) is 18.2 Å². The fourth-order valence-electron chi connectivity index (χ4n) is 3.54. The predicted molar refractivity (Wildman–Crippen MR) is 158 cm³/mol. The van der Waals surface area contributed by atoms with Crippen LogP contribution in [0.15, 0.2) is 18.2 Å². The molecule has 0 spiro atoms. The van der Waals surface area contributed by atoms with Gasteiger partial charge < -0.3 is 39.3 Å². The first-order chi connectivity index (χ1) is 19.5. The van der Waals surface area contributed by atoms with Gasteiger partial charge in [0.1, 0.15) is 12.1 Å². The van der Waals surface area contributed by atoms with Crippen molar-refractivity contribution in [3.63, 3.8) is 0 Å². The number of carboxylic acids is 1. The number of carbonyl (C=O) groups excluding carboxylic acids is 3. The molecule has 0 amide bonds. The molecule has 0 aliphatic heterocycles. The lowest BCUT2D eigenvalue weighted by molar-refractivity contribution is -0.139. The molecule has 12 heteroatoms. The summed E-state index contributed by atoms with van der Waals surface area (Å²) in [6.45, 7) is 20.4. The lowest BCUT2D eigenvalue weighted by Crippen LogP contribution is -2.42. The summed E-state index contributed by atoms with van der Waals surface area (Å²) in [5, 5.41) is 9.81. The van der Waals surface area contributed by atoms with Gasteiger partial charge in [-0.15, -0.1) is 0 Å². The Bertz CT molecular complexity index is 1110. The molecule has 244 valence electrons. The van der Waals surface area contributed by atoms with Gasteiger partial charge in [-0.1, -0.05) is 75.3 Å². The van der Waals surface area contributed by atoms with Crippen molar-refractivity contribution in [3.05, 3.63) is 23.8 Å². The van der Waals surface area contributed by atoms with Crippen molar-refractivity contribution in [2.75, 3.05) is 19.8 Å². The number of carboxylic acid groups (broad SMARTS) is 1. The molecule has 4 atom stereocenters. The topological polar surface area (TPSA) is 170 Å². The highest BCUT2D eigenvalue weighted by atomic mass is 16.7. The Hall–Kier alpha value is -3.54. The van der Waals surface area contributed by atoms with Crippen molar-refractivity contribution in [2.45, 2.75) is 94.2 Å². The maximum Gasteiger partial charge on any atom is 0.513 e. The van der Waals surface area contributed by atoms with Gasteiger partial charge in [0.05, 0.1) is 19.8 Å². The van der Waals surface area contributed by atoms with Crippen molar-refractivity contribution >= 4 is 24.4 Å². The molecule has 0 aliphatic rings. The zero-order chi connectivity index (χ0) is 33.3. The van der Waals surface area contributed by atoms with E-state index in [4.69, 9.17) is 34.2 Å². The maximum absolute atomic E-state index is 12.6.